The molecule has 84 valence electrons. The summed E-state index contributed by atoms with van der Waals surface area (Å²) in [7, 11) is 0. The van der Waals surface area contributed by atoms with Gasteiger partial charge in [0.05, 0.1) is 26.4 Å². The van der Waals surface area contributed by atoms with Crippen molar-refractivity contribution in [1.29, 1.82) is 0 Å². The maximum atomic E-state index is 8.02. The lowest BCUT2D eigenvalue weighted by molar-refractivity contribution is -0.0168. The quantitative estimate of drug-likeness (QED) is 0.215. The molecule has 0 radical (unpaired) electrons. The van der Waals surface area contributed by atoms with Crippen LogP contribution in [0.1, 0.15) is 0 Å². The molecule has 0 aliphatic heterocycles. The van der Waals surface area contributed by atoms with Gasteiger partial charge in [0.1, 0.15) is 13.2 Å². The number of hydrogen-bond acceptors (Lipinski definition) is 3. The Kier molecular flexibility index (Phi) is 11.5. The van der Waals surface area contributed by atoms with E-state index in [1.165, 1.54) is 12.4 Å². The maximum Gasteiger partial charge on any atom is 0.282 e. The molecule has 7 nitrogen and oxygen atoms in total. The molecule has 0 atom stereocenters. The van der Waals surface area contributed by atoms with E-state index in [1.807, 2.05) is 0 Å². The maximum absolute atomic E-state index is 8.02. The summed E-state index contributed by atoms with van der Waals surface area (Å²) in [5, 5.41) is 0. The molecule has 15 heavy (non-hydrogen) atoms. The van der Waals surface area contributed by atoms with Gasteiger partial charge in [-0.15, -0.1) is 0 Å². The average Bonchev–Trinajstić information content (AvgIpc) is 2.26. The molecular formula is C8H14N4O3. The van der Waals surface area contributed by atoms with Crippen molar-refractivity contribution in [2.24, 2.45) is 0 Å². The summed E-state index contributed by atoms with van der Waals surface area (Å²) in [5.41, 5.74) is 16.0. The lowest BCUT2D eigenvalue weighted by Gasteiger charge is -2.02. The molecular weight excluding hydrogens is 200 g/mol. The van der Waals surface area contributed by atoms with E-state index in [2.05, 4.69) is 9.58 Å². The molecule has 0 rings (SSSR count). The van der Waals surface area contributed by atoms with Crippen LogP contribution in [0.5, 0.6) is 0 Å². The van der Waals surface area contributed by atoms with E-state index in [4.69, 9.17) is 25.3 Å². The summed E-state index contributed by atoms with van der Waals surface area (Å²) in [4.78, 5) is 5.54. The van der Waals surface area contributed by atoms with E-state index in [9.17, 15) is 0 Å². The van der Waals surface area contributed by atoms with Crippen molar-refractivity contribution >= 4 is 12.4 Å². The summed E-state index contributed by atoms with van der Waals surface area (Å²) < 4.78 is 15.1. The van der Waals surface area contributed by atoms with Crippen molar-refractivity contribution in [2.75, 3.05) is 39.6 Å². The van der Waals surface area contributed by atoms with Crippen molar-refractivity contribution in [2.45, 2.75) is 0 Å². The molecule has 0 saturated carbocycles. The first-order valence-electron chi connectivity index (χ1n) is 4.46. The zero-order chi connectivity index (χ0) is 11.2. The van der Waals surface area contributed by atoms with Crippen molar-refractivity contribution in [3.8, 4) is 0 Å². The first-order chi connectivity index (χ1) is 7.41. The summed E-state index contributed by atoms with van der Waals surface area (Å²) in [6.45, 7) is 2.31. The third kappa shape index (κ3) is 12.6. The van der Waals surface area contributed by atoms with Crippen LogP contribution in [0.3, 0.4) is 0 Å². The van der Waals surface area contributed by atoms with Gasteiger partial charge in [-0.2, -0.15) is 9.58 Å². The van der Waals surface area contributed by atoms with Gasteiger partial charge in [-0.05, 0) is 0 Å². The predicted molar refractivity (Wildman–Crippen MR) is 51.8 cm³/mol. The van der Waals surface area contributed by atoms with E-state index < -0.39 is 0 Å². The van der Waals surface area contributed by atoms with Crippen LogP contribution in [-0.2, 0) is 14.2 Å². The van der Waals surface area contributed by atoms with Gasteiger partial charge in [0.25, 0.3) is 12.4 Å². The molecule has 0 amide bonds. The molecule has 0 aromatic carbocycles. The Hall–Kier alpha value is -1.36. The Balaban J connectivity index is 2.98. The van der Waals surface area contributed by atoms with Crippen LogP contribution in [0.15, 0.2) is 0 Å². The fourth-order valence-corrected chi connectivity index (χ4v) is 0.677. The highest BCUT2D eigenvalue weighted by atomic mass is 16.5. The van der Waals surface area contributed by atoms with Gasteiger partial charge in [0.15, 0.2) is 0 Å². The number of rotatable bonds is 10. The SMILES string of the molecule is [N-]=[N+]=CCOCCOCCOCC=[N+]=[N-]. The van der Waals surface area contributed by atoms with Crippen molar-refractivity contribution in [3.63, 3.8) is 0 Å². The summed E-state index contributed by atoms with van der Waals surface area (Å²) in [6.07, 6.45) is 2.49. The van der Waals surface area contributed by atoms with E-state index >= 15 is 0 Å². The highest BCUT2D eigenvalue weighted by Crippen LogP contribution is 1.79. The molecule has 0 aliphatic carbocycles. The lowest BCUT2D eigenvalue weighted by atomic mass is 10.7. The van der Waals surface area contributed by atoms with Gasteiger partial charge in [0.2, 0.25) is 0 Å². The van der Waals surface area contributed by atoms with Crippen LogP contribution in [0, 0.1) is 0 Å². The summed E-state index contributed by atoms with van der Waals surface area (Å²) in [6, 6.07) is 0. The Bertz CT molecular complexity index is 210. The third-order valence-electron chi connectivity index (χ3n) is 1.29. The normalized spacial score (nSPS) is 9.07. The smallest absolute Gasteiger partial charge is 0.282 e. The number of nitrogens with zero attached hydrogens (tertiary/aromatic N) is 4. The van der Waals surface area contributed by atoms with Gasteiger partial charge < -0.3 is 25.3 Å². The second-order valence-corrected chi connectivity index (χ2v) is 2.36. The first kappa shape index (κ1) is 13.6. The Morgan fingerprint density at radius 2 is 1.13 bits per heavy atom. The highest BCUT2D eigenvalue weighted by Gasteiger charge is 1.91. The molecule has 0 heterocycles. The molecule has 0 unspecified atom stereocenters. The average molecular weight is 214 g/mol. The van der Waals surface area contributed by atoms with Gasteiger partial charge >= 0.3 is 0 Å². The van der Waals surface area contributed by atoms with Gasteiger partial charge in [-0.1, -0.05) is 0 Å². The first-order valence-corrected chi connectivity index (χ1v) is 4.46. The fraction of sp³-hybridized carbons (Fsp3) is 0.750. The third-order valence-corrected chi connectivity index (χ3v) is 1.29. The molecule has 0 aliphatic rings. The lowest BCUT2D eigenvalue weighted by Crippen LogP contribution is -2.10. The number of ether oxygens (including phenoxy) is 3. The predicted octanol–water partition coefficient (Wildman–Crippen LogP) is -0.363. The molecule has 0 N–H and O–H groups in total. The Labute approximate surface area is 87.8 Å². The Morgan fingerprint density at radius 3 is 1.53 bits per heavy atom. The van der Waals surface area contributed by atoms with Crippen molar-refractivity contribution in [1.82, 2.24) is 0 Å². The van der Waals surface area contributed by atoms with Crippen LogP contribution in [0.2, 0.25) is 0 Å². The standard InChI is InChI=1S/C8H14N4O3/c9-11-1-3-13-5-7-15-8-6-14-4-2-12-10/h1-2H,3-8H2. The molecule has 0 saturated heterocycles. The monoisotopic (exact) mass is 214 g/mol. The largest absolute Gasteiger partial charge is 0.377 e. The zero-order valence-corrected chi connectivity index (χ0v) is 8.41. The van der Waals surface area contributed by atoms with Crippen LogP contribution in [-0.4, -0.2) is 61.7 Å². The zero-order valence-electron chi connectivity index (χ0n) is 8.41. The molecule has 7 heteroatoms. The highest BCUT2D eigenvalue weighted by molar-refractivity contribution is 5.51. The van der Waals surface area contributed by atoms with Crippen LogP contribution < -0.4 is 0 Å². The molecule has 0 bridgehead atoms. The van der Waals surface area contributed by atoms with E-state index in [1.54, 1.807) is 0 Å². The van der Waals surface area contributed by atoms with Crippen molar-refractivity contribution in [3.05, 3.63) is 11.1 Å². The minimum absolute atomic E-state index is 0.267. The van der Waals surface area contributed by atoms with Gasteiger partial charge in [-0.3, -0.25) is 0 Å². The van der Waals surface area contributed by atoms with Crippen molar-refractivity contribution < 1.29 is 23.8 Å². The van der Waals surface area contributed by atoms with E-state index in [0.29, 0.717) is 26.4 Å². The van der Waals surface area contributed by atoms with Crippen LogP contribution in [0.4, 0.5) is 0 Å². The fourth-order valence-electron chi connectivity index (χ4n) is 0.677. The molecule has 0 spiro atoms. The van der Waals surface area contributed by atoms with E-state index in [0.717, 1.165) is 0 Å². The molecule has 0 fully saturated rings. The summed E-state index contributed by atoms with van der Waals surface area (Å²) in [5.74, 6) is 0. The summed E-state index contributed by atoms with van der Waals surface area (Å²) >= 11 is 0. The van der Waals surface area contributed by atoms with E-state index in [-0.39, 0.29) is 13.2 Å². The number of hydrogen-bond donors (Lipinski definition) is 0. The second-order valence-electron chi connectivity index (χ2n) is 2.36. The van der Waals surface area contributed by atoms with Gasteiger partial charge in [0, 0.05) is 0 Å². The molecule has 0 aromatic rings. The second kappa shape index (κ2) is 12.6. The van der Waals surface area contributed by atoms with Crippen LogP contribution >= 0.6 is 0 Å². The minimum atomic E-state index is 0.267. The molecule has 0 aromatic heterocycles. The topological polar surface area (TPSA) is 100 Å². The Morgan fingerprint density at radius 1 is 0.733 bits per heavy atom. The minimum Gasteiger partial charge on any atom is -0.377 e. The van der Waals surface area contributed by atoms with Crippen LogP contribution in [0.25, 0.3) is 11.1 Å². The van der Waals surface area contributed by atoms with Gasteiger partial charge in [-0.25, -0.2) is 0 Å².